The smallest absolute Gasteiger partial charge is 0.256 e. The highest BCUT2D eigenvalue weighted by atomic mass is 32.2. The zero-order valence-electron chi connectivity index (χ0n) is 19.8. The SMILES string of the molecule is CS(=O)(=O)N(CC(=O)Nc1ccccc1C(=O)N1CCOCC1)c1ccc(Oc2ccccc2)cc1. The van der Waals surface area contributed by atoms with Crippen molar-refractivity contribution in [1.29, 1.82) is 0 Å². The van der Waals surface area contributed by atoms with Crippen molar-refractivity contribution in [2.45, 2.75) is 0 Å². The second-order valence-corrected chi connectivity index (χ2v) is 10.1. The molecule has 0 bridgehead atoms. The van der Waals surface area contributed by atoms with E-state index < -0.39 is 22.5 Å². The molecular weight excluding hydrogens is 482 g/mol. The predicted molar refractivity (Wildman–Crippen MR) is 137 cm³/mol. The Morgan fingerprint density at radius 2 is 1.53 bits per heavy atom. The number of carbonyl (C=O) groups excluding carboxylic acids is 2. The fourth-order valence-corrected chi connectivity index (χ4v) is 4.60. The summed E-state index contributed by atoms with van der Waals surface area (Å²) < 4.78 is 37.1. The molecule has 0 aromatic heterocycles. The molecule has 1 heterocycles. The fourth-order valence-electron chi connectivity index (χ4n) is 3.74. The molecule has 3 aromatic carbocycles. The maximum atomic E-state index is 13.0. The molecule has 0 aliphatic carbocycles. The summed E-state index contributed by atoms with van der Waals surface area (Å²) in [5.74, 6) is 0.378. The lowest BCUT2D eigenvalue weighted by molar-refractivity contribution is -0.114. The Morgan fingerprint density at radius 1 is 0.917 bits per heavy atom. The molecule has 0 radical (unpaired) electrons. The first kappa shape index (κ1) is 25.2. The monoisotopic (exact) mass is 509 g/mol. The molecule has 0 spiro atoms. The van der Waals surface area contributed by atoms with Crippen LogP contribution in [0.5, 0.6) is 11.5 Å². The van der Waals surface area contributed by atoms with Crippen LogP contribution in [0.15, 0.2) is 78.9 Å². The minimum Gasteiger partial charge on any atom is -0.457 e. The third-order valence-electron chi connectivity index (χ3n) is 5.52. The topological polar surface area (TPSA) is 105 Å². The van der Waals surface area contributed by atoms with E-state index in [4.69, 9.17) is 9.47 Å². The van der Waals surface area contributed by atoms with Crippen LogP contribution < -0.4 is 14.4 Å². The molecule has 1 saturated heterocycles. The third-order valence-corrected chi connectivity index (χ3v) is 6.66. The Balaban J connectivity index is 1.48. The van der Waals surface area contributed by atoms with E-state index in [9.17, 15) is 18.0 Å². The van der Waals surface area contributed by atoms with Crippen LogP contribution in [0.3, 0.4) is 0 Å². The Bertz CT molecular complexity index is 1310. The normalized spacial score (nSPS) is 13.6. The summed E-state index contributed by atoms with van der Waals surface area (Å²) in [5, 5.41) is 2.70. The molecule has 9 nitrogen and oxygen atoms in total. The van der Waals surface area contributed by atoms with Gasteiger partial charge in [0.15, 0.2) is 0 Å². The van der Waals surface area contributed by atoms with E-state index in [1.54, 1.807) is 53.4 Å². The zero-order chi connectivity index (χ0) is 25.5. The average molecular weight is 510 g/mol. The number of nitrogens with one attached hydrogen (secondary N) is 1. The summed E-state index contributed by atoms with van der Waals surface area (Å²) in [6, 6.07) is 22.3. The van der Waals surface area contributed by atoms with Gasteiger partial charge in [-0.2, -0.15) is 0 Å². The second kappa shape index (κ2) is 11.2. The van der Waals surface area contributed by atoms with Crippen molar-refractivity contribution in [1.82, 2.24) is 4.90 Å². The standard InChI is InChI=1S/C26H27N3O6S/c1-36(32,33)29(20-11-13-22(14-12-20)35-21-7-3-2-4-8-21)19-25(30)27-24-10-6-5-9-23(24)26(31)28-15-17-34-18-16-28/h2-14H,15-19H2,1H3,(H,27,30). The molecular formula is C26H27N3O6S. The van der Waals surface area contributed by atoms with Crippen molar-refractivity contribution in [2.24, 2.45) is 0 Å². The largest absolute Gasteiger partial charge is 0.457 e. The van der Waals surface area contributed by atoms with Gasteiger partial charge in [-0.05, 0) is 48.5 Å². The second-order valence-electron chi connectivity index (χ2n) is 8.18. The molecule has 2 amide bonds. The molecule has 0 atom stereocenters. The first-order valence-electron chi connectivity index (χ1n) is 11.4. The first-order valence-corrected chi connectivity index (χ1v) is 13.2. The van der Waals surface area contributed by atoms with Gasteiger partial charge in [-0.1, -0.05) is 30.3 Å². The van der Waals surface area contributed by atoms with E-state index in [1.807, 2.05) is 30.3 Å². The molecule has 1 N–H and O–H groups in total. The van der Waals surface area contributed by atoms with Gasteiger partial charge in [0, 0.05) is 13.1 Å². The molecule has 188 valence electrons. The van der Waals surface area contributed by atoms with E-state index in [2.05, 4.69) is 5.32 Å². The molecule has 0 saturated carbocycles. The zero-order valence-corrected chi connectivity index (χ0v) is 20.6. The first-order chi connectivity index (χ1) is 17.3. The number of morpholine rings is 1. The molecule has 3 aromatic rings. The summed E-state index contributed by atoms with van der Waals surface area (Å²) >= 11 is 0. The van der Waals surface area contributed by atoms with Crippen molar-refractivity contribution < 1.29 is 27.5 Å². The van der Waals surface area contributed by atoms with Gasteiger partial charge in [0.2, 0.25) is 15.9 Å². The van der Waals surface area contributed by atoms with Gasteiger partial charge in [-0.15, -0.1) is 0 Å². The molecule has 1 aliphatic rings. The van der Waals surface area contributed by atoms with E-state index in [0.717, 1.165) is 10.6 Å². The van der Waals surface area contributed by atoms with Crippen LogP contribution >= 0.6 is 0 Å². The Kier molecular flexibility index (Phi) is 7.87. The van der Waals surface area contributed by atoms with Crippen LogP contribution in [0.1, 0.15) is 10.4 Å². The Labute approximate surface area is 210 Å². The number of nitrogens with zero attached hydrogens (tertiary/aromatic N) is 2. The van der Waals surface area contributed by atoms with Crippen molar-refractivity contribution in [2.75, 3.05) is 48.7 Å². The molecule has 4 rings (SSSR count). The van der Waals surface area contributed by atoms with Gasteiger partial charge >= 0.3 is 0 Å². The van der Waals surface area contributed by atoms with Crippen LogP contribution in [-0.2, 0) is 19.6 Å². The summed E-state index contributed by atoms with van der Waals surface area (Å²) in [5.41, 5.74) is 0.964. The third kappa shape index (κ3) is 6.41. The van der Waals surface area contributed by atoms with Crippen molar-refractivity contribution >= 4 is 33.2 Å². The molecule has 1 fully saturated rings. The number of ether oxygens (including phenoxy) is 2. The van der Waals surface area contributed by atoms with Gasteiger partial charge in [0.05, 0.1) is 36.4 Å². The molecule has 0 unspecified atom stereocenters. The van der Waals surface area contributed by atoms with Gasteiger partial charge in [0.25, 0.3) is 5.91 Å². The number of rotatable bonds is 8. The van der Waals surface area contributed by atoms with Crippen molar-refractivity contribution in [3.8, 4) is 11.5 Å². The predicted octanol–water partition coefficient (Wildman–Crippen LogP) is 3.36. The number of hydrogen-bond donors (Lipinski definition) is 1. The van der Waals surface area contributed by atoms with Gasteiger partial charge < -0.3 is 19.7 Å². The molecule has 36 heavy (non-hydrogen) atoms. The summed E-state index contributed by atoms with van der Waals surface area (Å²) in [4.78, 5) is 27.5. The minimum absolute atomic E-state index is 0.219. The number of benzene rings is 3. The van der Waals surface area contributed by atoms with E-state index >= 15 is 0 Å². The number of anilines is 2. The van der Waals surface area contributed by atoms with E-state index in [-0.39, 0.29) is 5.91 Å². The number of sulfonamides is 1. The van der Waals surface area contributed by atoms with Crippen molar-refractivity contribution in [3.05, 3.63) is 84.4 Å². The Morgan fingerprint density at radius 3 is 2.19 bits per heavy atom. The lowest BCUT2D eigenvalue weighted by Crippen LogP contribution is -2.41. The maximum Gasteiger partial charge on any atom is 0.256 e. The van der Waals surface area contributed by atoms with Gasteiger partial charge in [0.1, 0.15) is 18.0 Å². The van der Waals surface area contributed by atoms with Crippen LogP contribution in [0, 0.1) is 0 Å². The highest BCUT2D eigenvalue weighted by molar-refractivity contribution is 7.92. The number of carbonyl (C=O) groups is 2. The molecule has 1 aliphatic heterocycles. The lowest BCUT2D eigenvalue weighted by Gasteiger charge is -2.27. The van der Waals surface area contributed by atoms with E-state index in [0.29, 0.717) is 54.7 Å². The maximum absolute atomic E-state index is 13.0. The fraction of sp³-hybridized carbons (Fsp3) is 0.231. The van der Waals surface area contributed by atoms with Crippen LogP contribution in [0.2, 0.25) is 0 Å². The van der Waals surface area contributed by atoms with Crippen LogP contribution in [0.25, 0.3) is 0 Å². The highest BCUT2D eigenvalue weighted by Gasteiger charge is 2.24. The van der Waals surface area contributed by atoms with Gasteiger partial charge in [-0.3, -0.25) is 13.9 Å². The number of para-hydroxylation sites is 2. The highest BCUT2D eigenvalue weighted by Crippen LogP contribution is 2.26. The van der Waals surface area contributed by atoms with Crippen LogP contribution in [-0.4, -0.2) is 64.2 Å². The van der Waals surface area contributed by atoms with Crippen LogP contribution in [0.4, 0.5) is 11.4 Å². The summed E-state index contributed by atoms with van der Waals surface area (Å²) in [6.45, 7) is 1.38. The summed E-state index contributed by atoms with van der Waals surface area (Å²) in [6.07, 6.45) is 1.03. The van der Waals surface area contributed by atoms with Crippen molar-refractivity contribution in [3.63, 3.8) is 0 Å². The minimum atomic E-state index is -3.78. The quantitative estimate of drug-likeness (QED) is 0.499. The van der Waals surface area contributed by atoms with E-state index in [1.165, 1.54) is 0 Å². The number of hydrogen-bond acceptors (Lipinski definition) is 6. The Hall–Kier alpha value is -3.89. The molecule has 10 heteroatoms. The summed E-state index contributed by atoms with van der Waals surface area (Å²) in [7, 11) is -3.78. The van der Waals surface area contributed by atoms with Gasteiger partial charge in [-0.25, -0.2) is 8.42 Å². The average Bonchev–Trinajstić information content (AvgIpc) is 2.88. The lowest BCUT2D eigenvalue weighted by atomic mass is 10.1. The number of amides is 2.